The zero-order valence-corrected chi connectivity index (χ0v) is 22.6. The lowest BCUT2D eigenvalue weighted by Gasteiger charge is -2.32. The molecule has 0 aromatic heterocycles. The van der Waals surface area contributed by atoms with Gasteiger partial charge in [0.05, 0.1) is 11.9 Å². The first-order valence-corrected chi connectivity index (χ1v) is 13.8. The number of benzene rings is 2. The molecule has 0 saturated carbocycles. The summed E-state index contributed by atoms with van der Waals surface area (Å²) < 4.78 is 51.3. The summed E-state index contributed by atoms with van der Waals surface area (Å²) in [5.74, 6) is -0.264. The highest BCUT2D eigenvalue weighted by Gasteiger charge is 2.29. The average molecular weight is 536 g/mol. The first-order chi connectivity index (χ1) is 17.3. The van der Waals surface area contributed by atoms with Gasteiger partial charge in [-0.1, -0.05) is 18.2 Å². The molecule has 11 heteroatoms. The minimum Gasteiger partial charge on any atom is -0.454 e. The Bertz CT molecular complexity index is 1250. The topological polar surface area (TPSA) is 105 Å². The summed E-state index contributed by atoms with van der Waals surface area (Å²) in [4.78, 5) is 27.5. The molecule has 3 rings (SSSR count). The van der Waals surface area contributed by atoms with Crippen molar-refractivity contribution in [3.05, 3.63) is 53.8 Å². The highest BCUT2D eigenvalue weighted by molar-refractivity contribution is 7.92. The SMILES string of the molecule is CC(C(=O)NC(C)(C)C)N(Cc1ccccc1F)C(=O)CCCN(c1ccc2c(c1)OCO2)S(C)(=O)=O. The van der Waals surface area contributed by atoms with Gasteiger partial charge >= 0.3 is 0 Å². The lowest BCUT2D eigenvalue weighted by Crippen LogP contribution is -2.52. The third-order valence-corrected chi connectivity index (χ3v) is 6.95. The maximum Gasteiger partial charge on any atom is 0.242 e. The van der Waals surface area contributed by atoms with Gasteiger partial charge in [0.1, 0.15) is 11.9 Å². The Hall–Kier alpha value is -3.34. The standard InChI is InChI=1S/C26H34FN3O6S/c1-18(25(32)28-26(2,3)4)29(16-19-9-6-7-10-21(19)27)24(31)11-8-14-30(37(5,33)34)20-12-13-22-23(15-20)36-17-35-22/h6-7,9-10,12-13,15,18H,8,11,14,16-17H2,1-5H3,(H,28,32). The largest absolute Gasteiger partial charge is 0.454 e. The van der Waals surface area contributed by atoms with Crippen molar-refractivity contribution in [1.29, 1.82) is 0 Å². The predicted octanol–water partition coefficient (Wildman–Crippen LogP) is 3.43. The Morgan fingerprint density at radius 1 is 1.11 bits per heavy atom. The van der Waals surface area contributed by atoms with Crippen LogP contribution in [-0.2, 0) is 26.2 Å². The fourth-order valence-electron chi connectivity index (χ4n) is 3.91. The molecular weight excluding hydrogens is 501 g/mol. The summed E-state index contributed by atoms with van der Waals surface area (Å²) in [7, 11) is -3.66. The molecule has 2 aromatic rings. The zero-order valence-electron chi connectivity index (χ0n) is 21.8. The van der Waals surface area contributed by atoms with E-state index in [1.807, 2.05) is 20.8 Å². The van der Waals surface area contributed by atoms with Crippen molar-refractivity contribution in [2.75, 3.05) is 23.9 Å². The second-order valence-electron chi connectivity index (χ2n) is 10.0. The number of sulfonamides is 1. The Balaban J connectivity index is 1.75. The van der Waals surface area contributed by atoms with Crippen molar-refractivity contribution in [3.8, 4) is 11.5 Å². The highest BCUT2D eigenvalue weighted by Crippen LogP contribution is 2.36. The molecule has 1 atom stereocenters. The molecule has 1 heterocycles. The van der Waals surface area contributed by atoms with Crippen LogP contribution < -0.4 is 19.1 Å². The van der Waals surface area contributed by atoms with Crippen molar-refractivity contribution in [3.63, 3.8) is 0 Å². The number of rotatable bonds is 10. The molecule has 9 nitrogen and oxygen atoms in total. The maximum absolute atomic E-state index is 14.4. The fourth-order valence-corrected chi connectivity index (χ4v) is 4.87. The van der Waals surface area contributed by atoms with E-state index >= 15 is 0 Å². The van der Waals surface area contributed by atoms with E-state index in [1.54, 1.807) is 43.3 Å². The summed E-state index contributed by atoms with van der Waals surface area (Å²) in [6.45, 7) is 7.08. The van der Waals surface area contributed by atoms with Gasteiger partial charge in [-0.3, -0.25) is 13.9 Å². The van der Waals surface area contributed by atoms with Gasteiger partial charge in [-0.2, -0.15) is 0 Å². The fraction of sp³-hybridized carbons (Fsp3) is 0.462. The molecule has 1 aliphatic rings. The van der Waals surface area contributed by atoms with E-state index in [0.717, 1.165) is 6.26 Å². The average Bonchev–Trinajstić information content (AvgIpc) is 3.26. The molecule has 0 fully saturated rings. The number of carbonyl (C=O) groups is 2. The first-order valence-electron chi connectivity index (χ1n) is 12.0. The Labute approximate surface area is 217 Å². The van der Waals surface area contributed by atoms with Crippen molar-refractivity contribution >= 4 is 27.5 Å². The van der Waals surface area contributed by atoms with E-state index in [1.165, 1.54) is 15.3 Å². The Morgan fingerprint density at radius 2 is 1.78 bits per heavy atom. The number of amides is 2. The van der Waals surface area contributed by atoms with Crippen LogP contribution in [0.5, 0.6) is 11.5 Å². The van der Waals surface area contributed by atoms with Crippen LogP contribution in [0.1, 0.15) is 46.1 Å². The number of fused-ring (bicyclic) bond motifs is 1. The van der Waals surface area contributed by atoms with Gasteiger partial charge in [0.15, 0.2) is 11.5 Å². The number of hydrogen-bond acceptors (Lipinski definition) is 6. The second kappa shape index (κ2) is 11.4. The Kier molecular flexibility index (Phi) is 8.68. The smallest absolute Gasteiger partial charge is 0.242 e. The summed E-state index contributed by atoms with van der Waals surface area (Å²) in [6, 6.07) is 10.0. The van der Waals surface area contributed by atoms with Gasteiger partial charge in [-0.05, 0) is 52.3 Å². The minimum atomic E-state index is -3.66. The molecule has 37 heavy (non-hydrogen) atoms. The zero-order chi connectivity index (χ0) is 27.4. The van der Waals surface area contributed by atoms with Crippen LogP contribution in [0, 0.1) is 5.82 Å². The van der Waals surface area contributed by atoms with Crippen LogP contribution >= 0.6 is 0 Å². The van der Waals surface area contributed by atoms with Crippen molar-refractivity contribution in [1.82, 2.24) is 10.2 Å². The molecule has 1 N–H and O–H groups in total. The summed E-state index contributed by atoms with van der Waals surface area (Å²) >= 11 is 0. The number of carbonyl (C=O) groups excluding carboxylic acids is 2. The Morgan fingerprint density at radius 3 is 2.43 bits per heavy atom. The monoisotopic (exact) mass is 535 g/mol. The van der Waals surface area contributed by atoms with E-state index in [-0.39, 0.29) is 50.1 Å². The predicted molar refractivity (Wildman–Crippen MR) is 138 cm³/mol. The van der Waals surface area contributed by atoms with Crippen molar-refractivity contribution in [2.45, 2.75) is 58.7 Å². The lowest BCUT2D eigenvalue weighted by molar-refractivity contribution is -0.141. The van der Waals surface area contributed by atoms with Gasteiger partial charge in [-0.15, -0.1) is 0 Å². The second-order valence-corrected chi connectivity index (χ2v) is 11.9. The summed E-state index contributed by atoms with van der Waals surface area (Å²) in [5.41, 5.74) is 0.156. The first kappa shape index (κ1) is 28.2. The van der Waals surface area contributed by atoms with Crippen LogP contribution in [-0.4, -0.2) is 56.3 Å². The van der Waals surface area contributed by atoms with E-state index in [2.05, 4.69) is 5.32 Å². The van der Waals surface area contributed by atoms with E-state index in [4.69, 9.17) is 9.47 Å². The molecule has 0 bridgehead atoms. The summed E-state index contributed by atoms with van der Waals surface area (Å²) in [5, 5.41) is 2.85. The van der Waals surface area contributed by atoms with Crippen molar-refractivity contribution in [2.24, 2.45) is 0 Å². The van der Waals surface area contributed by atoms with E-state index < -0.39 is 27.4 Å². The molecule has 2 amide bonds. The third-order valence-electron chi connectivity index (χ3n) is 5.76. The van der Waals surface area contributed by atoms with Gasteiger partial charge in [0.25, 0.3) is 0 Å². The highest BCUT2D eigenvalue weighted by atomic mass is 32.2. The molecule has 0 radical (unpaired) electrons. The number of hydrogen-bond donors (Lipinski definition) is 1. The minimum absolute atomic E-state index is 0.0281. The number of nitrogens with zero attached hydrogens (tertiary/aromatic N) is 2. The van der Waals surface area contributed by atoms with Crippen LogP contribution in [0.3, 0.4) is 0 Å². The third kappa shape index (κ3) is 7.58. The molecule has 2 aromatic carbocycles. The van der Waals surface area contributed by atoms with Crippen LogP contribution in [0.4, 0.5) is 10.1 Å². The number of ether oxygens (including phenoxy) is 2. The lowest BCUT2D eigenvalue weighted by atomic mass is 10.1. The molecule has 0 spiro atoms. The van der Waals surface area contributed by atoms with Gasteiger partial charge in [0, 0.05) is 36.7 Å². The number of nitrogens with one attached hydrogen (secondary N) is 1. The van der Waals surface area contributed by atoms with Crippen LogP contribution in [0.15, 0.2) is 42.5 Å². The normalized spacial score (nSPS) is 13.7. The van der Waals surface area contributed by atoms with Gasteiger partial charge < -0.3 is 19.7 Å². The molecule has 1 aliphatic heterocycles. The molecular formula is C26H34FN3O6S. The van der Waals surface area contributed by atoms with E-state index in [9.17, 15) is 22.4 Å². The van der Waals surface area contributed by atoms with Gasteiger partial charge in [0.2, 0.25) is 28.6 Å². The van der Waals surface area contributed by atoms with Crippen LogP contribution in [0.25, 0.3) is 0 Å². The van der Waals surface area contributed by atoms with E-state index in [0.29, 0.717) is 17.2 Å². The molecule has 0 saturated heterocycles. The number of halogens is 1. The number of anilines is 1. The van der Waals surface area contributed by atoms with Crippen molar-refractivity contribution < 1.29 is 31.9 Å². The van der Waals surface area contributed by atoms with Gasteiger partial charge in [-0.25, -0.2) is 12.8 Å². The molecule has 0 aliphatic carbocycles. The molecule has 202 valence electrons. The molecule has 1 unspecified atom stereocenters. The quantitative estimate of drug-likeness (QED) is 0.500. The van der Waals surface area contributed by atoms with Crippen LogP contribution in [0.2, 0.25) is 0 Å². The maximum atomic E-state index is 14.4. The summed E-state index contributed by atoms with van der Waals surface area (Å²) in [6.07, 6.45) is 1.22.